The summed E-state index contributed by atoms with van der Waals surface area (Å²) < 4.78 is 12.6. The highest BCUT2D eigenvalue weighted by Gasteiger charge is 2.22. The fraction of sp³-hybridized carbons (Fsp3) is 0.353. The van der Waals surface area contributed by atoms with Gasteiger partial charge < -0.3 is 19.6 Å². The van der Waals surface area contributed by atoms with Crippen molar-refractivity contribution in [1.82, 2.24) is 19.5 Å². The SMILES string of the molecule is COCCN=C(c1ncn(CCOC)c1O)c1[nH]c2ncccc2c1Br. The number of aliphatic imine (C=N–C) groups is 1. The van der Waals surface area contributed by atoms with E-state index in [1.807, 2.05) is 12.1 Å². The number of aromatic hydroxyl groups is 1. The number of pyridine rings is 1. The zero-order valence-corrected chi connectivity index (χ0v) is 16.2. The minimum atomic E-state index is 0.0386. The second-order valence-electron chi connectivity index (χ2n) is 5.54. The molecular weight excluding hydrogens is 402 g/mol. The molecule has 0 aliphatic rings. The van der Waals surface area contributed by atoms with Crippen LogP contribution in [0, 0.1) is 0 Å². The fourth-order valence-electron chi connectivity index (χ4n) is 2.57. The molecule has 3 aromatic heterocycles. The average molecular weight is 422 g/mol. The summed E-state index contributed by atoms with van der Waals surface area (Å²) in [5.74, 6) is 0.0386. The summed E-state index contributed by atoms with van der Waals surface area (Å²) in [5.41, 5.74) is 2.37. The van der Waals surface area contributed by atoms with E-state index >= 15 is 0 Å². The maximum Gasteiger partial charge on any atom is 0.221 e. The fourth-order valence-corrected chi connectivity index (χ4v) is 3.18. The number of nitrogens with zero attached hydrogens (tertiary/aromatic N) is 4. The molecule has 0 aliphatic heterocycles. The average Bonchev–Trinajstić information content (AvgIpc) is 3.18. The molecule has 3 rings (SSSR count). The Morgan fingerprint density at radius 3 is 2.85 bits per heavy atom. The van der Waals surface area contributed by atoms with Crippen molar-refractivity contribution in [2.24, 2.45) is 4.99 Å². The molecule has 0 radical (unpaired) electrons. The third-order valence-corrected chi connectivity index (χ3v) is 4.70. The number of nitrogens with one attached hydrogen (secondary N) is 1. The summed E-state index contributed by atoms with van der Waals surface area (Å²) >= 11 is 3.61. The van der Waals surface area contributed by atoms with Crippen molar-refractivity contribution in [2.75, 3.05) is 34.0 Å². The first-order valence-electron chi connectivity index (χ1n) is 8.06. The van der Waals surface area contributed by atoms with Crippen LogP contribution in [0.5, 0.6) is 5.88 Å². The van der Waals surface area contributed by atoms with Crippen LogP contribution in [0.15, 0.2) is 34.1 Å². The van der Waals surface area contributed by atoms with Crippen LogP contribution in [-0.2, 0) is 16.0 Å². The number of aromatic nitrogens is 4. The van der Waals surface area contributed by atoms with E-state index in [-0.39, 0.29) is 5.88 Å². The van der Waals surface area contributed by atoms with Crippen LogP contribution in [0.4, 0.5) is 0 Å². The summed E-state index contributed by atoms with van der Waals surface area (Å²) in [6.45, 7) is 1.87. The van der Waals surface area contributed by atoms with E-state index in [2.05, 4.69) is 35.9 Å². The second kappa shape index (κ2) is 8.43. The van der Waals surface area contributed by atoms with Gasteiger partial charge in [-0.1, -0.05) is 0 Å². The third kappa shape index (κ3) is 3.64. The van der Waals surface area contributed by atoms with Gasteiger partial charge in [-0.05, 0) is 28.1 Å². The number of methoxy groups -OCH3 is 2. The minimum Gasteiger partial charge on any atom is -0.493 e. The summed E-state index contributed by atoms with van der Waals surface area (Å²) in [4.78, 5) is 16.5. The Morgan fingerprint density at radius 2 is 2.12 bits per heavy atom. The molecule has 8 nitrogen and oxygen atoms in total. The van der Waals surface area contributed by atoms with Gasteiger partial charge >= 0.3 is 0 Å². The van der Waals surface area contributed by atoms with Gasteiger partial charge in [-0.3, -0.25) is 9.56 Å². The first-order valence-corrected chi connectivity index (χ1v) is 8.86. The third-order valence-electron chi connectivity index (χ3n) is 3.88. The first kappa shape index (κ1) is 18.6. The second-order valence-corrected chi connectivity index (χ2v) is 6.33. The summed E-state index contributed by atoms with van der Waals surface area (Å²) in [6, 6.07) is 3.82. The van der Waals surface area contributed by atoms with Crippen LogP contribution >= 0.6 is 15.9 Å². The number of ether oxygens (including phenoxy) is 2. The Balaban J connectivity index is 2.07. The summed E-state index contributed by atoms with van der Waals surface area (Å²) in [7, 11) is 3.23. The summed E-state index contributed by atoms with van der Waals surface area (Å²) in [6.07, 6.45) is 3.29. The van der Waals surface area contributed by atoms with Gasteiger partial charge in [0.2, 0.25) is 5.88 Å². The normalized spacial score (nSPS) is 12.2. The van der Waals surface area contributed by atoms with Crippen molar-refractivity contribution in [2.45, 2.75) is 6.54 Å². The van der Waals surface area contributed by atoms with E-state index in [1.165, 1.54) is 0 Å². The van der Waals surface area contributed by atoms with E-state index in [1.54, 1.807) is 31.3 Å². The maximum absolute atomic E-state index is 10.6. The van der Waals surface area contributed by atoms with Gasteiger partial charge in [-0.15, -0.1) is 0 Å². The van der Waals surface area contributed by atoms with Crippen molar-refractivity contribution < 1.29 is 14.6 Å². The predicted octanol–water partition coefficient (Wildman–Crippen LogP) is 2.36. The van der Waals surface area contributed by atoms with Crippen LogP contribution in [0.3, 0.4) is 0 Å². The maximum atomic E-state index is 10.6. The van der Waals surface area contributed by atoms with Gasteiger partial charge in [0.05, 0.1) is 42.8 Å². The topological polar surface area (TPSA) is 97.5 Å². The zero-order chi connectivity index (χ0) is 18.5. The molecule has 3 aromatic rings. The van der Waals surface area contributed by atoms with E-state index < -0.39 is 0 Å². The highest BCUT2D eigenvalue weighted by atomic mass is 79.9. The monoisotopic (exact) mass is 421 g/mol. The Kier molecular flexibility index (Phi) is 6.02. The van der Waals surface area contributed by atoms with Crippen LogP contribution in [0.25, 0.3) is 11.0 Å². The first-order chi connectivity index (χ1) is 12.7. The number of hydrogen-bond donors (Lipinski definition) is 2. The Hall–Kier alpha value is -2.23. The van der Waals surface area contributed by atoms with Crippen molar-refractivity contribution in [3.8, 4) is 5.88 Å². The molecular formula is C17H20BrN5O3. The highest BCUT2D eigenvalue weighted by Crippen LogP contribution is 2.30. The number of halogens is 1. The van der Waals surface area contributed by atoms with Gasteiger partial charge in [0, 0.05) is 25.8 Å². The van der Waals surface area contributed by atoms with Crippen molar-refractivity contribution >= 4 is 32.7 Å². The molecule has 0 aromatic carbocycles. The lowest BCUT2D eigenvalue weighted by atomic mass is 10.2. The quantitative estimate of drug-likeness (QED) is 0.429. The number of rotatable bonds is 8. The molecule has 9 heteroatoms. The molecule has 0 amide bonds. The van der Waals surface area contributed by atoms with E-state index in [4.69, 9.17) is 9.47 Å². The van der Waals surface area contributed by atoms with Gasteiger partial charge in [-0.2, -0.15) is 0 Å². The molecule has 0 aliphatic carbocycles. The van der Waals surface area contributed by atoms with Crippen molar-refractivity contribution in [3.63, 3.8) is 0 Å². The molecule has 3 heterocycles. The van der Waals surface area contributed by atoms with Gasteiger partial charge in [0.25, 0.3) is 0 Å². The van der Waals surface area contributed by atoms with Crippen molar-refractivity contribution in [3.05, 3.63) is 40.5 Å². The van der Waals surface area contributed by atoms with Gasteiger partial charge in [0.15, 0.2) is 5.69 Å². The van der Waals surface area contributed by atoms with Gasteiger partial charge in [-0.25, -0.2) is 9.97 Å². The summed E-state index contributed by atoms with van der Waals surface area (Å²) in [5, 5.41) is 11.5. The number of fused-ring (bicyclic) bond motifs is 1. The molecule has 0 saturated carbocycles. The van der Waals surface area contributed by atoms with Crippen LogP contribution in [0.1, 0.15) is 11.4 Å². The molecule has 26 heavy (non-hydrogen) atoms. The molecule has 0 fully saturated rings. The lowest BCUT2D eigenvalue weighted by Gasteiger charge is -2.06. The van der Waals surface area contributed by atoms with Crippen molar-refractivity contribution in [1.29, 1.82) is 0 Å². The Labute approximate surface area is 159 Å². The van der Waals surface area contributed by atoms with Gasteiger partial charge in [0.1, 0.15) is 11.4 Å². The molecule has 0 bridgehead atoms. The zero-order valence-electron chi connectivity index (χ0n) is 14.6. The standard InChI is InChI=1S/C17H20BrN5O3/c1-25-8-6-19-14(15-17(24)23(10-21-15)7-9-26-2)13-12(18)11-4-3-5-20-16(11)22-13/h3-5,10,24H,6-9H2,1-2H3,(H,20,22). The van der Waals surface area contributed by atoms with Crippen LogP contribution < -0.4 is 0 Å². The Morgan fingerprint density at radius 1 is 1.31 bits per heavy atom. The minimum absolute atomic E-state index is 0.0386. The van der Waals surface area contributed by atoms with Crippen LogP contribution in [-0.4, -0.2) is 64.3 Å². The largest absolute Gasteiger partial charge is 0.493 e. The number of hydrogen-bond acceptors (Lipinski definition) is 6. The number of aromatic amines is 1. The highest BCUT2D eigenvalue weighted by molar-refractivity contribution is 9.10. The molecule has 0 atom stereocenters. The van der Waals surface area contributed by atoms with E-state index in [0.717, 1.165) is 15.5 Å². The molecule has 138 valence electrons. The van der Waals surface area contributed by atoms with Crippen LogP contribution in [0.2, 0.25) is 0 Å². The lowest BCUT2D eigenvalue weighted by Crippen LogP contribution is -2.09. The number of imidazole rings is 1. The lowest BCUT2D eigenvalue weighted by molar-refractivity contribution is 0.184. The van der Waals surface area contributed by atoms with E-state index in [0.29, 0.717) is 43.4 Å². The molecule has 0 saturated heterocycles. The number of H-pyrrole nitrogens is 1. The van der Waals surface area contributed by atoms with E-state index in [9.17, 15) is 5.11 Å². The molecule has 0 spiro atoms. The predicted molar refractivity (Wildman–Crippen MR) is 102 cm³/mol. The molecule has 2 N–H and O–H groups in total. The smallest absolute Gasteiger partial charge is 0.221 e. The Bertz CT molecular complexity index is 918. The molecule has 0 unspecified atom stereocenters.